The lowest BCUT2D eigenvalue weighted by molar-refractivity contribution is -0.140. The Labute approximate surface area is 184 Å². The van der Waals surface area contributed by atoms with Crippen LogP contribution >= 0.6 is 11.8 Å². The minimum absolute atomic E-state index is 0.149. The summed E-state index contributed by atoms with van der Waals surface area (Å²) in [6.07, 6.45) is 11.6. The van der Waals surface area contributed by atoms with Crippen LogP contribution in [0.5, 0.6) is 0 Å². The molecule has 0 aromatic rings. The van der Waals surface area contributed by atoms with Crippen LogP contribution < -0.4 is 5.32 Å². The van der Waals surface area contributed by atoms with Gasteiger partial charge in [-0.3, -0.25) is 4.79 Å². The zero-order valence-corrected chi connectivity index (χ0v) is 19.5. The summed E-state index contributed by atoms with van der Waals surface area (Å²) in [4.78, 5) is 33.8. The number of rotatable bonds is 14. The van der Waals surface area contributed by atoms with Gasteiger partial charge in [-0.1, -0.05) is 34.9 Å². The number of aliphatic carboxylic acids is 2. The van der Waals surface area contributed by atoms with E-state index in [-0.39, 0.29) is 11.3 Å². The van der Waals surface area contributed by atoms with E-state index < -0.39 is 23.9 Å². The summed E-state index contributed by atoms with van der Waals surface area (Å²) in [5, 5.41) is 20.3. The normalized spacial score (nSPS) is 13.6. The number of nitrogens with one attached hydrogen (secondary N) is 1. The van der Waals surface area contributed by atoms with Gasteiger partial charge in [-0.25, -0.2) is 9.59 Å². The second kappa shape index (κ2) is 15.5. The molecular formula is C23H35NO5S. The molecule has 1 atom stereocenters. The van der Waals surface area contributed by atoms with Gasteiger partial charge in [0.25, 0.3) is 0 Å². The van der Waals surface area contributed by atoms with Crippen molar-refractivity contribution in [3.8, 4) is 0 Å². The molecule has 0 heterocycles. The van der Waals surface area contributed by atoms with Gasteiger partial charge in [-0.15, -0.1) is 0 Å². The molecule has 0 aromatic carbocycles. The maximum Gasteiger partial charge on any atom is 0.331 e. The number of carbonyl (C=O) groups excluding carboxylic acids is 1. The minimum Gasteiger partial charge on any atom is -0.480 e. The highest BCUT2D eigenvalue weighted by atomic mass is 32.2. The predicted octanol–water partition coefficient (Wildman–Crippen LogP) is 4.74. The summed E-state index contributed by atoms with van der Waals surface area (Å²) in [5.41, 5.74) is 3.83. The Morgan fingerprint density at radius 3 is 2.00 bits per heavy atom. The lowest BCUT2D eigenvalue weighted by atomic mass is 10.1. The van der Waals surface area contributed by atoms with Gasteiger partial charge in [-0.05, 0) is 60.3 Å². The SMILES string of the molecule is CC(C)=CCCC(C)=CCCC(C)=CCSC[C@H](NC(=O)C=C(C)C(=O)O)C(=O)O. The Morgan fingerprint density at radius 1 is 0.900 bits per heavy atom. The Balaban J connectivity index is 4.36. The number of allylic oxidation sites excluding steroid dienone is 5. The summed E-state index contributed by atoms with van der Waals surface area (Å²) in [7, 11) is 0. The minimum atomic E-state index is -1.22. The molecule has 0 aliphatic carbocycles. The monoisotopic (exact) mass is 437 g/mol. The van der Waals surface area contributed by atoms with Crippen LogP contribution in [-0.4, -0.2) is 45.6 Å². The molecule has 7 heteroatoms. The maximum absolute atomic E-state index is 11.7. The summed E-state index contributed by atoms with van der Waals surface area (Å²) in [6, 6.07) is -1.07. The molecule has 0 aliphatic heterocycles. The van der Waals surface area contributed by atoms with Gasteiger partial charge in [0.1, 0.15) is 6.04 Å². The molecule has 0 aliphatic rings. The van der Waals surface area contributed by atoms with Crippen molar-refractivity contribution in [3.05, 3.63) is 46.6 Å². The molecule has 0 aromatic heterocycles. The molecule has 0 fully saturated rings. The maximum atomic E-state index is 11.7. The summed E-state index contributed by atoms with van der Waals surface area (Å²) >= 11 is 1.41. The average Bonchev–Trinajstić information content (AvgIpc) is 2.63. The van der Waals surface area contributed by atoms with Crippen LogP contribution in [0.2, 0.25) is 0 Å². The molecule has 0 saturated heterocycles. The first-order valence-electron chi connectivity index (χ1n) is 10.00. The third kappa shape index (κ3) is 14.7. The van der Waals surface area contributed by atoms with Gasteiger partial charge in [0.15, 0.2) is 0 Å². The standard InChI is InChI=1S/C23H35NO5S/c1-16(2)8-6-9-17(3)10-7-11-18(4)12-13-30-15-20(23(28)29)24-21(25)14-19(5)22(26)27/h8,10,12,14,20H,6-7,9,11,13,15H2,1-5H3,(H,24,25)(H,26,27)(H,28,29)/t20-/m0/s1. The van der Waals surface area contributed by atoms with E-state index in [2.05, 4.69) is 51.2 Å². The lowest BCUT2D eigenvalue weighted by Gasteiger charge is -2.12. The van der Waals surface area contributed by atoms with Gasteiger partial charge in [0, 0.05) is 23.2 Å². The van der Waals surface area contributed by atoms with Crippen molar-refractivity contribution in [1.29, 1.82) is 0 Å². The van der Waals surface area contributed by atoms with Crippen molar-refractivity contribution in [1.82, 2.24) is 5.32 Å². The predicted molar refractivity (Wildman–Crippen MR) is 124 cm³/mol. The Hall–Kier alpha value is -2.28. The third-order valence-electron chi connectivity index (χ3n) is 4.26. The number of carboxylic acids is 2. The van der Waals surface area contributed by atoms with E-state index in [1.165, 1.54) is 35.4 Å². The Bertz CT molecular complexity index is 715. The highest BCUT2D eigenvalue weighted by Gasteiger charge is 2.19. The molecule has 0 unspecified atom stereocenters. The number of hydrogen-bond acceptors (Lipinski definition) is 4. The smallest absolute Gasteiger partial charge is 0.331 e. The van der Waals surface area contributed by atoms with Crippen LogP contribution in [0.3, 0.4) is 0 Å². The van der Waals surface area contributed by atoms with E-state index >= 15 is 0 Å². The molecule has 0 saturated carbocycles. The molecule has 0 radical (unpaired) electrons. The van der Waals surface area contributed by atoms with E-state index in [9.17, 15) is 19.5 Å². The molecule has 30 heavy (non-hydrogen) atoms. The number of hydrogen-bond donors (Lipinski definition) is 3. The molecule has 0 spiro atoms. The van der Waals surface area contributed by atoms with Crippen LogP contribution in [0, 0.1) is 0 Å². The average molecular weight is 438 g/mol. The van der Waals surface area contributed by atoms with Gasteiger partial charge >= 0.3 is 11.9 Å². The largest absolute Gasteiger partial charge is 0.480 e. The summed E-state index contributed by atoms with van der Waals surface area (Å²) < 4.78 is 0. The van der Waals surface area contributed by atoms with Gasteiger partial charge in [0.2, 0.25) is 5.91 Å². The number of amides is 1. The zero-order chi connectivity index (χ0) is 23.1. The molecule has 0 rings (SSSR count). The molecule has 1 amide bonds. The number of carbonyl (C=O) groups is 3. The van der Waals surface area contributed by atoms with Crippen LogP contribution in [-0.2, 0) is 14.4 Å². The first-order valence-corrected chi connectivity index (χ1v) is 11.2. The Kier molecular flexibility index (Phi) is 14.4. The van der Waals surface area contributed by atoms with Crippen LogP contribution in [0.1, 0.15) is 60.3 Å². The third-order valence-corrected chi connectivity index (χ3v) is 5.23. The van der Waals surface area contributed by atoms with Crippen molar-refractivity contribution in [2.75, 3.05) is 11.5 Å². The number of carboxylic acid groups (broad SMARTS) is 2. The number of thioether (sulfide) groups is 1. The molecule has 3 N–H and O–H groups in total. The Morgan fingerprint density at radius 2 is 1.47 bits per heavy atom. The molecule has 0 bridgehead atoms. The van der Waals surface area contributed by atoms with E-state index in [1.54, 1.807) is 0 Å². The second-order valence-electron chi connectivity index (χ2n) is 7.53. The summed E-state index contributed by atoms with van der Waals surface area (Å²) in [5.74, 6) is -2.23. The highest BCUT2D eigenvalue weighted by molar-refractivity contribution is 7.99. The van der Waals surface area contributed by atoms with Crippen molar-refractivity contribution in [3.63, 3.8) is 0 Å². The molecule has 168 valence electrons. The van der Waals surface area contributed by atoms with Crippen LogP contribution in [0.4, 0.5) is 0 Å². The fraction of sp³-hybridized carbons (Fsp3) is 0.522. The zero-order valence-electron chi connectivity index (χ0n) is 18.7. The van der Waals surface area contributed by atoms with Crippen molar-refractivity contribution in [2.45, 2.75) is 66.3 Å². The van der Waals surface area contributed by atoms with Gasteiger partial charge < -0.3 is 15.5 Å². The fourth-order valence-electron chi connectivity index (χ4n) is 2.37. The van der Waals surface area contributed by atoms with E-state index in [0.717, 1.165) is 31.8 Å². The van der Waals surface area contributed by atoms with Crippen molar-refractivity contribution >= 4 is 29.6 Å². The fourth-order valence-corrected chi connectivity index (χ4v) is 3.37. The van der Waals surface area contributed by atoms with Crippen LogP contribution in [0.15, 0.2) is 46.6 Å². The first-order chi connectivity index (χ1) is 14.0. The van der Waals surface area contributed by atoms with Gasteiger partial charge in [-0.2, -0.15) is 11.8 Å². The molecule has 6 nitrogen and oxygen atoms in total. The van der Waals surface area contributed by atoms with E-state index in [4.69, 9.17) is 5.11 Å². The van der Waals surface area contributed by atoms with E-state index in [0.29, 0.717) is 5.75 Å². The lowest BCUT2D eigenvalue weighted by Crippen LogP contribution is -2.42. The molecular weight excluding hydrogens is 402 g/mol. The van der Waals surface area contributed by atoms with Crippen molar-refractivity contribution in [2.24, 2.45) is 0 Å². The topological polar surface area (TPSA) is 104 Å². The van der Waals surface area contributed by atoms with Crippen LogP contribution in [0.25, 0.3) is 0 Å². The first kappa shape index (κ1) is 27.7. The highest BCUT2D eigenvalue weighted by Crippen LogP contribution is 2.13. The summed E-state index contributed by atoms with van der Waals surface area (Å²) in [6.45, 7) is 9.70. The second-order valence-corrected chi connectivity index (χ2v) is 8.60. The van der Waals surface area contributed by atoms with E-state index in [1.807, 2.05) is 0 Å². The van der Waals surface area contributed by atoms with Crippen molar-refractivity contribution < 1.29 is 24.6 Å². The quantitative estimate of drug-likeness (QED) is 0.206. The van der Waals surface area contributed by atoms with Gasteiger partial charge in [0.05, 0.1) is 0 Å².